The molecule has 3 rings (SSSR count). The van der Waals surface area contributed by atoms with Crippen LogP contribution in [0, 0.1) is 0 Å². The van der Waals surface area contributed by atoms with Crippen LogP contribution in [0.2, 0.25) is 0 Å². The van der Waals surface area contributed by atoms with Gasteiger partial charge >= 0.3 is 0 Å². The minimum absolute atomic E-state index is 0.0334. The summed E-state index contributed by atoms with van der Waals surface area (Å²) in [5.41, 5.74) is 2.64. The van der Waals surface area contributed by atoms with Crippen LogP contribution in [-0.2, 0) is 11.2 Å². The van der Waals surface area contributed by atoms with Crippen LogP contribution in [0.3, 0.4) is 0 Å². The van der Waals surface area contributed by atoms with Crippen molar-refractivity contribution < 1.29 is 14.3 Å². The zero-order chi connectivity index (χ0) is 19.1. The predicted molar refractivity (Wildman–Crippen MR) is 104 cm³/mol. The van der Waals surface area contributed by atoms with E-state index in [9.17, 15) is 9.59 Å². The van der Waals surface area contributed by atoms with Gasteiger partial charge in [0.05, 0.1) is 6.10 Å². The van der Waals surface area contributed by atoms with Crippen LogP contribution in [0.1, 0.15) is 64.2 Å². The van der Waals surface area contributed by atoms with Crippen LogP contribution < -0.4 is 5.32 Å². The van der Waals surface area contributed by atoms with Crippen molar-refractivity contribution in [2.45, 2.75) is 44.6 Å². The van der Waals surface area contributed by atoms with Gasteiger partial charge in [0.25, 0.3) is 5.91 Å². The molecule has 1 unspecified atom stereocenters. The number of nitrogens with zero attached hydrogens (tertiary/aromatic N) is 1. The van der Waals surface area contributed by atoms with Crippen molar-refractivity contribution in [1.82, 2.24) is 10.3 Å². The van der Waals surface area contributed by atoms with Crippen LogP contribution in [0.25, 0.3) is 0 Å². The van der Waals surface area contributed by atoms with Gasteiger partial charge < -0.3 is 10.1 Å². The van der Waals surface area contributed by atoms with Crippen molar-refractivity contribution >= 4 is 11.7 Å². The highest BCUT2D eigenvalue weighted by atomic mass is 16.5. The second-order valence-corrected chi connectivity index (χ2v) is 6.92. The second kappa shape index (κ2) is 9.42. The van der Waals surface area contributed by atoms with Gasteiger partial charge in [-0.05, 0) is 43.4 Å². The molecule has 5 nitrogen and oxygen atoms in total. The first-order valence-corrected chi connectivity index (χ1v) is 9.57. The number of Topliss-reactive ketones (excluding diaryl/α,β-unsaturated/α-hetero) is 1. The number of hydrogen-bond acceptors (Lipinski definition) is 4. The molecule has 2 heterocycles. The lowest BCUT2D eigenvalue weighted by molar-refractivity contribution is 0.0104. The fourth-order valence-electron chi connectivity index (χ4n) is 3.36. The van der Waals surface area contributed by atoms with Gasteiger partial charge in [0.1, 0.15) is 5.69 Å². The molecule has 0 spiro atoms. The Kier molecular flexibility index (Phi) is 6.71. The number of rotatable bonds is 7. The summed E-state index contributed by atoms with van der Waals surface area (Å²) in [7, 11) is 1.57. The highest BCUT2D eigenvalue weighted by Gasteiger charge is 2.18. The topological polar surface area (TPSA) is 68.3 Å². The van der Waals surface area contributed by atoms with Gasteiger partial charge in [-0.2, -0.15) is 0 Å². The van der Waals surface area contributed by atoms with E-state index in [0.29, 0.717) is 18.4 Å². The molecule has 1 aromatic heterocycles. The highest BCUT2D eigenvalue weighted by molar-refractivity contribution is 5.99. The molecule has 1 N–H and O–H groups in total. The first-order chi connectivity index (χ1) is 13.2. The molecule has 1 aliphatic heterocycles. The molecule has 0 saturated carbocycles. The zero-order valence-corrected chi connectivity index (χ0v) is 15.7. The minimum Gasteiger partial charge on any atom is -0.378 e. The lowest BCUT2D eigenvalue weighted by Gasteiger charge is -2.22. The number of pyridine rings is 1. The standard InChI is InChI=1S/C22H26N2O3/c1-23-22(26)20-15-17(21(25)11-10-19-9-5-6-12-27-19)14-18(24-20)13-16-7-3-2-4-8-16/h2-4,7-8,14-15,19H,5-6,9-13H2,1H3,(H,23,26). The van der Waals surface area contributed by atoms with Crippen LogP contribution in [0.4, 0.5) is 0 Å². The van der Waals surface area contributed by atoms with E-state index in [4.69, 9.17) is 4.74 Å². The summed E-state index contributed by atoms with van der Waals surface area (Å²) < 4.78 is 5.72. The summed E-state index contributed by atoms with van der Waals surface area (Å²) in [6, 6.07) is 13.3. The molecule has 1 aromatic carbocycles. The maximum atomic E-state index is 12.7. The van der Waals surface area contributed by atoms with Crippen molar-refractivity contribution in [1.29, 1.82) is 0 Å². The molecule has 1 atom stereocenters. The molecule has 5 heteroatoms. The summed E-state index contributed by atoms with van der Waals surface area (Å²) >= 11 is 0. The average molecular weight is 366 g/mol. The van der Waals surface area contributed by atoms with E-state index < -0.39 is 0 Å². The third kappa shape index (κ3) is 5.47. The number of hydrogen-bond donors (Lipinski definition) is 1. The summed E-state index contributed by atoms with van der Waals surface area (Å²) in [6.45, 7) is 0.788. The third-order valence-electron chi connectivity index (χ3n) is 4.86. The number of ether oxygens (including phenoxy) is 1. The Hall–Kier alpha value is -2.53. The van der Waals surface area contributed by atoms with Gasteiger partial charge in [0.2, 0.25) is 0 Å². The smallest absolute Gasteiger partial charge is 0.269 e. The molecule has 1 fully saturated rings. The van der Waals surface area contributed by atoms with Gasteiger partial charge in [-0.1, -0.05) is 30.3 Å². The second-order valence-electron chi connectivity index (χ2n) is 6.92. The maximum Gasteiger partial charge on any atom is 0.269 e. The number of carbonyl (C=O) groups excluding carboxylic acids is 2. The van der Waals surface area contributed by atoms with Gasteiger partial charge in [0.15, 0.2) is 5.78 Å². The number of nitrogens with one attached hydrogen (secondary N) is 1. The Bertz CT molecular complexity index is 783. The molecule has 0 aliphatic carbocycles. The molecular formula is C22H26N2O3. The lowest BCUT2D eigenvalue weighted by Crippen LogP contribution is -2.21. The van der Waals surface area contributed by atoms with E-state index in [1.807, 2.05) is 36.4 Å². The van der Waals surface area contributed by atoms with E-state index >= 15 is 0 Å². The summed E-state index contributed by atoms with van der Waals surface area (Å²) in [6.07, 6.45) is 5.19. The Labute approximate surface area is 160 Å². The number of aromatic nitrogens is 1. The zero-order valence-electron chi connectivity index (χ0n) is 15.7. The Morgan fingerprint density at radius 1 is 1.19 bits per heavy atom. The predicted octanol–water partition coefficient (Wildman–Crippen LogP) is 3.56. The van der Waals surface area contributed by atoms with Crippen molar-refractivity contribution in [2.24, 2.45) is 0 Å². The molecular weight excluding hydrogens is 340 g/mol. The van der Waals surface area contributed by atoms with E-state index in [1.54, 1.807) is 13.1 Å². The summed E-state index contributed by atoms with van der Waals surface area (Å²) in [5.74, 6) is -0.249. The van der Waals surface area contributed by atoms with Crippen molar-refractivity contribution in [3.63, 3.8) is 0 Å². The Balaban J connectivity index is 1.76. The fraction of sp³-hybridized carbons (Fsp3) is 0.409. The van der Waals surface area contributed by atoms with E-state index in [-0.39, 0.29) is 23.5 Å². The normalized spacial score (nSPS) is 16.7. The van der Waals surface area contributed by atoms with E-state index in [1.165, 1.54) is 0 Å². The van der Waals surface area contributed by atoms with Gasteiger partial charge in [0, 0.05) is 37.8 Å². The van der Waals surface area contributed by atoms with Crippen molar-refractivity contribution in [2.75, 3.05) is 13.7 Å². The SMILES string of the molecule is CNC(=O)c1cc(C(=O)CCC2CCCCO2)cc(Cc2ccccc2)n1. The number of carbonyl (C=O) groups is 2. The number of benzene rings is 1. The monoisotopic (exact) mass is 366 g/mol. The summed E-state index contributed by atoms with van der Waals surface area (Å²) in [4.78, 5) is 29.3. The molecule has 0 bridgehead atoms. The Morgan fingerprint density at radius 2 is 2.00 bits per heavy atom. The maximum absolute atomic E-state index is 12.7. The lowest BCUT2D eigenvalue weighted by atomic mass is 9.99. The fourth-order valence-corrected chi connectivity index (χ4v) is 3.36. The molecule has 2 aromatic rings. The minimum atomic E-state index is -0.283. The van der Waals surface area contributed by atoms with E-state index in [0.717, 1.165) is 43.5 Å². The third-order valence-corrected chi connectivity index (χ3v) is 4.86. The first kappa shape index (κ1) is 19.2. The molecule has 142 valence electrons. The van der Waals surface area contributed by atoms with Crippen LogP contribution in [0.15, 0.2) is 42.5 Å². The van der Waals surface area contributed by atoms with Crippen LogP contribution in [-0.4, -0.2) is 36.4 Å². The van der Waals surface area contributed by atoms with Crippen molar-refractivity contribution in [3.8, 4) is 0 Å². The average Bonchev–Trinajstić information content (AvgIpc) is 2.72. The molecule has 1 amide bonds. The molecule has 1 aliphatic rings. The molecule has 1 saturated heterocycles. The molecule has 0 radical (unpaired) electrons. The largest absolute Gasteiger partial charge is 0.378 e. The number of ketones is 1. The van der Waals surface area contributed by atoms with Crippen molar-refractivity contribution in [3.05, 3.63) is 65.0 Å². The van der Waals surface area contributed by atoms with Gasteiger partial charge in [-0.25, -0.2) is 4.98 Å². The summed E-state index contributed by atoms with van der Waals surface area (Å²) in [5, 5.41) is 2.59. The van der Waals surface area contributed by atoms with Crippen LogP contribution >= 0.6 is 0 Å². The van der Waals surface area contributed by atoms with E-state index in [2.05, 4.69) is 10.3 Å². The highest BCUT2D eigenvalue weighted by Crippen LogP contribution is 2.19. The number of amides is 1. The van der Waals surface area contributed by atoms with Gasteiger partial charge in [-0.3, -0.25) is 9.59 Å². The first-order valence-electron chi connectivity index (χ1n) is 9.57. The van der Waals surface area contributed by atoms with Gasteiger partial charge in [-0.15, -0.1) is 0 Å². The Morgan fingerprint density at radius 3 is 2.70 bits per heavy atom. The van der Waals surface area contributed by atoms with Crippen LogP contribution in [0.5, 0.6) is 0 Å². The molecule has 27 heavy (non-hydrogen) atoms. The quantitative estimate of drug-likeness (QED) is 0.761.